The molecule has 0 saturated heterocycles. The Balaban J connectivity index is 1.57. The first-order valence-corrected chi connectivity index (χ1v) is 8.56. The van der Waals surface area contributed by atoms with Gasteiger partial charge in [-0.05, 0) is 42.8 Å². The average molecular weight is 392 g/mol. The summed E-state index contributed by atoms with van der Waals surface area (Å²) in [6.07, 6.45) is -0.991. The number of carbonyl (C=O) groups is 2. The van der Waals surface area contributed by atoms with Gasteiger partial charge in [-0.1, -0.05) is 17.7 Å². The van der Waals surface area contributed by atoms with Crippen molar-refractivity contribution < 1.29 is 28.5 Å². The molecule has 0 aromatic heterocycles. The Morgan fingerprint density at radius 1 is 1.19 bits per heavy atom. The van der Waals surface area contributed by atoms with Crippen LogP contribution >= 0.6 is 11.6 Å². The fourth-order valence-electron chi connectivity index (χ4n) is 2.50. The smallest absolute Gasteiger partial charge is 0.342 e. The largest absolute Gasteiger partial charge is 0.496 e. The number of hydrogen-bond acceptors (Lipinski definition) is 6. The molecule has 1 aliphatic heterocycles. The number of nitrogens with one attached hydrogen (secondary N) is 1. The average Bonchev–Trinajstić information content (AvgIpc) is 3.13. The monoisotopic (exact) mass is 391 g/mol. The van der Waals surface area contributed by atoms with Crippen LogP contribution in [0.1, 0.15) is 22.8 Å². The summed E-state index contributed by atoms with van der Waals surface area (Å²) in [5, 5.41) is 3.08. The highest BCUT2D eigenvalue weighted by molar-refractivity contribution is 6.31. The lowest BCUT2D eigenvalue weighted by Crippen LogP contribution is -2.35. The molecule has 2 aromatic rings. The van der Waals surface area contributed by atoms with Crippen LogP contribution in [-0.2, 0) is 16.1 Å². The van der Waals surface area contributed by atoms with E-state index in [0.29, 0.717) is 22.3 Å². The maximum absolute atomic E-state index is 12.3. The molecule has 1 N–H and O–H groups in total. The van der Waals surface area contributed by atoms with Gasteiger partial charge >= 0.3 is 5.97 Å². The number of methoxy groups -OCH3 is 1. The Hall–Kier alpha value is -2.93. The van der Waals surface area contributed by atoms with Gasteiger partial charge < -0.3 is 24.3 Å². The van der Waals surface area contributed by atoms with E-state index in [-0.39, 0.29) is 18.9 Å². The minimum Gasteiger partial charge on any atom is -0.496 e. The predicted octanol–water partition coefficient (Wildman–Crippen LogP) is 2.94. The molecule has 142 valence electrons. The Morgan fingerprint density at radius 2 is 1.96 bits per heavy atom. The van der Waals surface area contributed by atoms with Crippen LogP contribution in [0.3, 0.4) is 0 Å². The van der Waals surface area contributed by atoms with Crippen molar-refractivity contribution in [2.24, 2.45) is 0 Å². The molecule has 1 atom stereocenters. The van der Waals surface area contributed by atoms with Gasteiger partial charge in [0.25, 0.3) is 5.91 Å². The highest BCUT2D eigenvalue weighted by Gasteiger charge is 2.22. The zero-order chi connectivity index (χ0) is 19.4. The van der Waals surface area contributed by atoms with Crippen LogP contribution in [0.15, 0.2) is 36.4 Å². The van der Waals surface area contributed by atoms with Crippen molar-refractivity contribution in [1.82, 2.24) is 5.32 Å². The van der Waals surface area contributed by atoms with E-state index in [1.807, 2.05) is 6.07 Å². The van der Waals surface area contributed by atoms with Gasteiger partial charge in [0, 0.05) is 11.6 Å². The minimum atomic E-state index is -0.991. The van der Waals surface area contributed by atoms with Gasteiger partial charge in [-0.2, -0.15) is 0 Å². The van der Waals surface area contributed by atoms with Crippen LogP contribution in [-0.4, -0.2) is 31.9 Å². The molecule has 0 aliphatic carbocycles. The third-order valence-corrected chi connectivity index (χ3v) is 4.17. The SMILES string of the molecule is COc1ccc(Cl)cc1C(=O)O[C@H](C)C(=O)NCc1ccc2c(c1)OCO2. The van der Waals surface area contributed by atoms with E-state index in [2.05, 4.69) is 5.32 Å². The van der Waals surface area contributed by atoms with Crippen molar-refractivity contribution in [2.75, 3.05) is 13.9 Å². The molecule has 0 radical (unpaired) electrons. The molecule has 1 heterocycles. The normalized spacial score (nSPS) is 13.0. The van der Waals surface area contributed by atoms with Gasteiger partial charge in [-0.15, -0.1) is 0 Å². The molecular formula is C19H18ClNO6. The molecule has 27 heavy (non-hydrogen) atoms. The molecule has 7 nitrogen and oxygen atoms in total. The van der Waals surface area contributed by atoms with Gasteiger partial charge in [0.05, 0.1) is 7.11 Å². The lowest BCUT2D eigenvalue weighted by Gasteiger charge is -2.15. The van der Waals surface area contributed by atoms with E-state index in [9.17, 15) is 9.59 Å². The molecule has 1 aliphatic rings. The van der Waals surface area contributed by atoms with E-state index in [1.165, 1.54) is 20.1 Å². The second-order valence-electron chi connectivity index (χ2n) is 5.80. The van der Waals surface area contributed by atoms with Crippen molar-refractivity contribution in [2.45, 2.75) is 19.6 Å². The number of halogens is 1. The summed E-state index contributed by atoms with van der Waals surface area (Å²) >= 11 is 5.91. The molecule has 0 saturated carbocycles. The zero-order valence-corrected chi connectivity index (χ0v) is 15.5. The van der Waals surface area contributed by atoms with Crippen molar-refractivity contribution in [1.29, 1.82) is 0 Å². The topological polar surface area (TPSA) is 83.1 Å². The Kier molecular flexibility index (Phi) is 5.71. The van der Waals surface area contributed by atoms with Crippen LogP contribution in [0.4, 0.5) is 0 Å². The maximum atomic E-state index is 12.3. The van der Waals surface area contributed by atoms with Crippen LogP contribution in [0, 0.1) is 0 Å². The van der Waals surface area contributed by atoms with Gasteiger partial charge in [0.1, 0.15) is 11.3 Å². The third-order valence-electron chi connectivity index (χ3n) is 3.94. The fourth-order valence-corrected chi connectivity index (χ4v) is 2.67. The Labute approximate surface area is 161 Å². The summed E-state index contributed by atoms with van der Waals surface area (Å²) in [4.78, 5) is 24.6. The standard InChI is InChI=1S/C19H18ClNO6/c1-11(27-19(23)14-8-13(20)4-6-15(14)24-2)18(22)21-9-12-3-5-16-17(7-12)26-10-25-16/h3-8,11H,9-10H2,1-2H3,(H,21,22)/t11-/m1/s1. The fraction of sp³-hybridized carbons (Fsp3) is 0.263. The number of ether oxygens (including phenoxy) is 4. The summed E-state index contributed by atoms with van der Waals surface area (Å²) in [5.74, 6) is 0.497. The molecule has 3 rings (SSSR count). The summed E-state index contributed by atoms with van der Waals surface area (Å²) in [7, 11) is 1.43. The minimum absolute atomic E-state index is 0.153. The summed E-state index contributed by atoms with van der Waals surface area (Å²) < 4.78 is 20.9. The molecule has 1 amide bonds. The first-order valence-electron chi connectivity index (χ1n) is 8.18. The van der Waals surface area contributed by atoms with E-state index in [1.54, 1.807) is 24.3 Å². The maximum Gasteiger partial charge on any atom is 0.342 e. The van der Waals surface area contributed by atoms with Gasteiger partial charge in [-0.3, -0.25) is 4.79 Å². The molecule has 2 aromatic carbocycles. The predicted molar refractivity (Wildman–Crippen MR) is 97.3 cm³/mol. The zero-order valence-electron chi connectivity index (χ0n) is 14.8. The molecular weight excluding hydrogens is 374 g/mol. The molecule has 0 bridgehead atoms. The summed E-state index contributed by atoms with van der Waals surface area (Å²) in [6.45, 7) is 1.94. The van der Waals surface area contributed by atoms with Crippen LogP contribution in [0.5, 0.6) is 17.2 Å². The number of carbonyl (C=O) groups excluding carboxylic acids is 2. The van der Waals surface area contributed by atoms with Crippen LogP contribution in [0.2, 0.25) is 5.02 Å². The lowest BCUT2D eigenvalue weighted by atomic mass is 10.2. The molecule has 8 heteroatoms. The number of amides is 1. The molecule has 0 unspecified atom stereocenters. The van der Waals surface area contributed by atoms with E-state index >= 15 is 0 Å². The molecule has 0 spiro atoms. The summed E-state index contributed by atoms with van der Waals surface area (Å²) in [5.41, 5.74) is 0.989. The Bertz CT molecular complexity index is 869. The van der Waals surface area contributed by atoms with Crippen molar-refractivity contribution >= 4 is 23.5 Å². The van der Waals surface area contributed by atoms with Crippen LogP contribution < -0.4 is 19.5 Å². The number of rotatable bonds is 6. The highest BCUT2D eigenvalue weighted by Crippen LogP contribution is 2.32. The first kappa shape index (κ1) is 18.8. The van der Waals surface area contributed by atoms with Crippen molar-refractivity contribution in [3.05, 3.63) is 52.5 Å². The number of hydrogen-bond donors (Lipinski definition) is 1. The van der Waals surface area contributed by atoms with E-state index in [0.717, 1.165) is 5.56 Å². The second-order valence-corrected chi connectivity index (χ2v) is 6.23. The van der Waals surface area contributed by atoms with Gasteiger partial charge in [-0.25, -0.2) is 4.79 Å². The van der Waals surface area contributed by atoms with E-state index in [4.69, 9.17) is 30.5 Å². The third kappa shape index (κ3) is 4.43. The van der Waals surface area contributed by atoms with Crippen LogP contribution in [0.25, 0.3) is 0 Å². The summed E-state index contributed by atoms with van der Waals surface area (Å²) in [6, 6.07) is 9.97. The van der Waals surface area contributed by atoms with Gasteiger partial charge in [0.15, 0.2) is 17.6 Å². The number of fused-ring (bicyclic) bond motifs is 1. The lowest BCUT2D eigenvalue weighted by molar-refractivity contribution is -0.129. The quantitative estimate of drug-likeness (QED) is 0.762. The number of benzene rings is 2. The molecule has 0 fully saturated rings. The van der Waals surface area contributed by atoms with Crippen molar-refractivity contribution in [3.63, 3.8) is 0 Å². The number of esters is 1. The Morgan fingerprint density at radius 3 is 2.74 bits per heavy atom. The van der Waals surface area contributed by atoms with Gasteiger partial charge in [0.2, 0.25) is 6.79 Å². The highest BCUT2D eigenvalue weighted by atomic mass is 35.5. The second kappa shape index (κ2) is 8.18. The first-order chi connectivity index (χ1) is 13.0. The van der Waals surface area contributed by atoms with E-state index < -0.39 is 18.0 Å². The van der Waals surface area contributed by atoms with Crippen molar-refractivity contribution in [3.8, 4) is 17.2 Å².